The summed E-state index contributed by atoms with van der Waals surface area (Å²) in [6, 6.07) is 3.47. The number of benzene rings is 1. The lowest BCUT2D eigenvalue weighted by Crippen LogP contribution is -2.30. The van der Waals surface area contributed by atoms with Gasteiger partial charge in [-0.3, -0.25) is 19.7 Å². The average Bonchev–Trinajstić information content (AvgIpc) is 3.12. The molecule has 0 unspecified atom stereocenters. The van der Waals surface area contributed by atoms with Crippen molar-refractivity contribution in [3.63, 3.8) is 0 Å². The molecule has 2 heterocycles. The largest absolute Gasteiger partial charge is 0.462 e. The molecule has 0 aliphatic carbocycles. The van der Waals surface area contributed by atoms with Crippen LogP contribution in [0.15, 0.2) is 22.6 Å². The highest BCUT2D eigenvalue weighted by molar-refractivity contribution is 6.32. The first-order chi connectivity index (χ1) is 16.1. The predicted octanol–water partition coefficient (Wildman–Crippen LogP) is 2.32. The number of rotatable bonds is 8. The van der Waals surface area contributed by atoms with Crippen LogP contribution >= 0.6 is 11.6 Å². The van der Waals surface area contributed by atoms with E-state index in [0.29, 0.717) is 0 Å². The number of aromatic nitrogens is 2. The molecule has 3 aromatic rings. The lowest BCUT2D eigenvalue weighted by molar-refractivity contribution is -0.384. The monoisotopic (exact) mass is 491 g/mol. The fraction of sp³-hybridized carbons (Fsp3) is 0.250. The maximum absolute atomic E-state index is 12.2. The molecule has 1 amide bonds. The van der Waals surface area contributed by atoms with Crippen molar-refractivity contribution in [2.24, 2.45) is 0 Å². The van der Waals surface area contributed by atoms with Gasteiger partial charge in [-0.2, -0.15) is 4.98 Å². The maximum atomic E-state index is 12.2. The maximum Gasteiger partial charge on any atom is 0.342 e. The van der Waals surface area contributed by atoms with Crippen molar-refractivity contribution >= 4 is 52.1 Å². The standard InChI is InChI=1S/C20H18ClN5O8/c1-3-32-20(29)15-9(2)34-19-16(15)17(22)24-13(25-19)8-33-14(27)7-23-18(28)10-4-5-11(21)12(6-10)26(30)31/h4-6H,3,7-8H2,1-2H3,(H,23,28)(H2,22,24,25). The highest BCUT2D eigenvalue weighted by Crippen LogP contribution is 2.29. The van der Waals surface area contributed by atoms with E-state index in [-0.39, 0.29) is 51.3 Å². The van der Waals surface area contributed by atoms with Crippen LogP contribution in [0, 0.1) is 17.0 Å². The molecular weight excluding hydrogens is 474 g/mol. The predicted molar refractivity (Wildman–Crippen MR) is 117 cm³/mol. The highest BCUT2D eigenvalue weighted by atomic mass is 35.5. The Kier molecular flexibility index (Phi) is 7.26. The Hall–Kier alpha value is -4.26. The van der Waals surface area contributed by atoms with Crippen LogP contribution in [0.5, 0.6) is 0 Å². The third kappa shape index (κ3) is 5.20. The second-order valence-electron chi connectivity index (χ2n) is 6.73. The van der Waals surface area contributed by atoms with Crippen LogP contribution in [0.1, 0.15) is 39.2 Å². The lowest BCUT2D eigenvalue weighted by Gasteiger charge is -2.07. The normalized spacial score (nSPS) is 10.7. The van der Waals surface area contributed by atoms with Gasteiger partial charge in [-0.1, -0.05) is 11.6 Å². The number of hydrogen-bond acceptors (Lipinski definition) is 11. The number of fused-ring (bicyclic) bond motifs is 1. The Labute approximate surface area is 196 Å². The van der Waals surface area contributed by atoms with Crippen LogP contribution in [0.2, 0.25) is 5.02 Å². The Bertz CT molecular complexity index is 1310. The van der Waals surface area contributed by atoms with Crippen LogP contribution in [-0.4, -0.2) is 45.9 Å². The number of nitrogens with one attached hydrogen (secondary N) is 1. The number of nitrogen functional groups attached to an aromatic ring is 1. The number of nitro groups is 1. The van der Waals surface area contributed by atoms with Gasteiger partial charge in [-0.05, 0) is 26.0 Å². The number of anilines is 1. The quantitative estimate of drug-likeness (QED) is 0.267. The molecule has 3 N–H and O–H groups in total. The zero-order valence-electron chi connectivity index (χ0n) is 17.9. The van der Waals surface area contributed by atoms with E-state index in [9.17, 15) is 24.5 Å². The molecule has 0 bridgehead atoms. The van der Waals surface area contributed by atoms with Gasteiger partial charge in [-0.25, -0.2) is 9.78 Å². The Morgan fingerprint density at radius 2 is 2.00 bits per heavy atom. The number of halogens is 1. The number of esters is 2. The zero-order valence-corrected chi connectivity index (χ0v) is 18.7. The van der Waals surface area contributed by atoms with Gasteiger partial charge in [0.25, 0.3) is 11.6 Å². The second kappa shape index (κ2) is 10.1. The van der Waals surface area contributed by atoms with E-state index in [2.05, 4.69) is 15.3 Å². The summed E-state index contributed by atoms with van der Waals surface area (Å²) in [5.74, 6) is -2.02. The van der Waals surface area contributed by atoms with E-state index in [0.717, 1.165) is 6.07 Å². The van der Waals surface area contributed by atoms with Gasteiger partial charge < -0.3 is 24.9 Å². The lowest BCUT2D eigenvalue weighted by atomic mass is 10.2. The molecule has 0 radical (unpaired) electrons. The first kappa shape index (κ1) is 24.4. The molecule has 1 aromatic carbocycles. The van der Waals surface area contributed by atoms with Gasteiger partial charge in [-0.15, -0.1) is 0 Å². The van der Waals surface area contributed by atoms with Crippen molar-refractivity contribution in [3.8, 4) is 0 Å². The fourth-order valence-corrected chi connectivity index (χ4v) is 3.13. The molecule has 178 valence electrons. The third-order valence-electron chi connectivity index (χ3n) is 4.44. The molecular formula is C20H18ClN5O8. The van der Waals surface area contributed by atoms with Crippen LogP contribution in [0.3, 0.4) is 0 Å². The van der Waals surface area contributed by atoms with Crippen molar-refractivity contribution in [3.05, 3.63) is 56.0 Å². The van der Waals surface area contributed by atoms with Gasteiger partial charge in [0.15, 0.2) is 12.4 Å². The van der Waals surface area contributed by atoms with E-state index >= 15 is 0 Å². The summed E-state index contributed by atoms with van der Waals surface area (Å²) in [5, 5.41) is 13.3. The summed E-state index contributed by atoms with van der Waals surface area (Å²) in [7, 11) is 0. The molecule has 0 spiro atoms. The molecule has 34 heavy (non-hydrogen) atoms. The molecule has 0 fully saturated rings. The first-order valence-corrected chi connectivity index (χ1v) is 10.1. The topological polar surface area (TPSA) is 190 Å². The van der Waals surface area contributed by atoms with E-state index in [1.807, 2.05) is 0 Å². The molecule has 0 saturated heterocycles. The van der Waals surface area contributed by atoms with Crippen molar-refractivity contribution < 1.29 is 33.2 Å². The number of nitro benzene ring substituents is 1. The number of carbonyl (C=O) groups is 3. The number of carbonyl (C=O) groups excluding carboxylic acids is 3. The molecule has 0 saturated carbocycles. The van der Waals surface area contributed by atoms with Crippen molar-refractivity contribution in [1.82, 2.24) is 15.3 Å². The molecule has 0 aliphatic rings. The summed E-state index contributed by atoms with van der Waals surface area (Å²) in [4.78, 5) is 54.7. The van der Waals surface area contributed by atoms with Crippen LogP contribution in [0.4, 0.5) is 11.5 Å². The van der Waals surface area contributed by atoms with Crippen molar-refractivity contribution in [2.75, 3.05) is 18.9 Å². The number of furan rings is 1. The van der Waals surface area contributed by atoms with Crippen LogP contribution in [0.25, 0.3) is 11.1 Å². The minimum Gasteiger partial charge on any atom is -0.462 e. The fourth-order valence-electron chi connectivity index (χ4n) is 2.94. The van der Waals surface area contributed by atoms with Crippen molar-refractivity contribution in [2.45, 2.75) is 20.5 Å². The van der Waals surface area contributed by atoms with Crippen molar-refractivity contribution in [1.29, 1.82) is 0 Å². The SMILES string of the molecule is CCOC(=O)c1c(C)oc2nc(COC(=O)CNC(=O)c3ccc(Cl)c([N+](=O)[O-])c3)nc(N)c12. The Morgan fingerprint density at radius 3 is 2.68 bits per heavy atom. The van der Waals surface area contributed by atoms with Gasteiger partial charge in [0, 0.05) is 11.6 Å². The number of amides is 1. The molecule has 0 atom stereocenters. The van der Waals surface area contributed by atoms with Gasteiger partial charge in [0.2, 0.25) is 5.71 Å². The summed E-state index contributed by atoms with van der Waals surface area (Å²) >= 11 is 5.71. The van der Waals surface area contributed by atoms with E-state index in [1.54, 1.807) is 13.8 Å². The second-order valence-corrected chi connectivity index (χ2v) is 7.13. The minimum atomic E-state index is -0.832. The summed E-state index contributed by atoms with van der Waals surface area (Å²) in [6.07, 6.45) is 0. The van der Waals surface area contributed by atoms with E-state index in [1.165, 1.54) is 12.1 Å². The van der Waals surface area contributed by atoms with Gasteiger partial charge in [0.1, 0.15) is 28.7 Å². The number of nitrogens with two attached hydrogens (primary N) is 1. The molecule has 0 aliphatic heterocycles. The highest BCUT2D eigenvalue weighted by Gasteiger charge is 2.24. The minimum absolute atomic E-state index is 0.00200. The number of aryl methyl sites for hydroxylation is 1. The van der Waals surface area contributed by atoms with E-state index < -0.39 is 41.6 Å². The molecule has 2 aromatic heterocycles. The average molecular weight is 492 g/mol. The zero-order chi connectivity index (χ0) is 25.0. The van der Waals surface area contributed by atoms with Gasteiger partial charge in [0.05, 0.1) is 16.9 Å². The molecule has 13 nitrogen and oxygen atoms in total. The number of ether oxygens (including phenoxy) is 2. The summed E-state index contributed by atoms with van der Waals surface area (Å²) < 4.78 is 15.5. The third-order valence-corrected chi connectivity index (χ3v) is 4.76. The summed E-state index contributed by atoms with van der Waals surface area (Å²) in [6.45, 7) is 2.44. The van der Waals surface area contributed by atoms with Crippen LogP contribution < -0.4 is 11.1 Å². The number of hydrogen-bond donors (Lipinski definition) is 2. The Morgan fingerprint density at radius 1 is 1.26 bits per heavy atom. The van der Waals surface area contributed by atoms with Crippen LogP contribution in [-0.2, 0) is 20.9 Å². The first-order valence-electron chi connectivity index (χ1n) is 9.72. The number of nitrogens with zero attached hydrogens (tertiary/aromatic N) is 3. The van der Waals surface area contributed by atoms with E-state index in [4.69, 9.17) is 31.2 Å². The summed E-state index contributed by atoms with van der Waals surface area (Å²) in [5.41, 5.74) is 5.58. The molecule has 14 heteroatoms. The molecule has 3 rings (SSSR count). The van der Waals surface area contributed by atoms with Gasteiger partial charge >= 0.3 is 11.9 Å². The smallest absolute Gasteiger partial charge is 0.342 e. The Balaban J connectivity index is 1.63.